The number of nitrogens with zero attached hydrogens (tertiary/aromatic N) is 3. The third-order valence-electron chi connectivity index (χ3n) is 2.68. The topological polar surface area (TPSA) is 38.2 Å². The van der Waals surface area contributed by atoms with Crippen molar-refractivity contribution in [1.82, 2.24) is 9.36 Å². The third kappa shape index (κ3) is 2.89. The summed E-state index contributed by atoms with van der Waals surface area (Å²) < 4.78 is 22.2. The van der Waals surface area contributed by atoms with Gasteiger partial charge in [-0.25, -0.2) is 9.37 Å². The molecule has 0 atom stereocenters. The van der Waals surface area contributed by atoms with Gasteiger partial charge in [0.05, 0.1) is 6.61 Å². The van der Waals surface area contributed by atoms with E-state index in [0.717, 1.165) is 30.5 Å². The van der Waals surface area contributed by atoms with Gasteiger partial charge in [0.25, 0.3) is 0 Å². The lowest BCUT2D eigenvalue weighted by molar-refractivity contribution is 0.201. The van der Waals surface area contributed by atoms with E-state index in [4.69, 9.17) is 4.74 Å². The van der Waals surface area contributed by atoms with Crippen molar-refractivity contribution >= 4 is 16.7 Å². The summed E-state index contributed by atoms with van der Waals surface area (Å²) in [5.41, 5.74) is 0. The first kappa shape index (κ1) is 11.7. The van der Waals surface area contributed by atoms with Crippen LogP contribution >= 0.6 is 11.5 Å². The SMILES string of the molecule is COCCc1nsc(N2CCC(F)CC2)n1. The van der Waals surface area contributed by atoms with Crippen LogP contribution in [0.2, 0.25) is 0 Å². The van der Waals surface area contributed by atoms with Gasteiger partial charge in [-0.2, -0.15) is 4.37 Å². The molecule has 0 aliphatic carbocycles. The zero-order valence-corrected chi connectivity index (χ0v) is 10.2. The molecule has 6 heteroatoms. The van der Waals surface area contributed by atoms with Gasteiger partial charge in [0.15, 0.2) is 0 Å². The molecule has 1 aromatic rings. The Bertz CT molecular complexity index is 326. The van der Waals surface area contributed by atoms with Gasteiger partial charge in [0.2, 0.25) is 5.13 Å². The van der Waals surface area contributed by atoms with Crippen molar-refractivity contribution in [2.75, 3.05) is 31.7 Å². The zero-order chi connectivity index (χ0) is 11.4. The van der Waals surface area contributed by atoms with E-state index in [2.05, 4.69) is 14.3 Å². The monoisotopic (exact) mass is 245 g/mol. The van der Waals surface area contributed by atoms with E-state index in [-0.39, 0.29) is 0 Å². The molecular weight excluding hydrogens is 229 g/mol. The largest absolute Gasteiger partial charge is 0.384 e. The molecule has 0 amide bonds. The average molecular weight is 245 g/mol. The Kier molecular flexibility index (Phi) is 4.06. The van der Waals surface area contributed by atoms with Gasteiger partial charge in [-0.3, -0.25) is 0 Å². The Morgan fingerprint density at radius 3 is 2.94 bits per heavy atom. The maximum Gasteiger partial charge on any atom is 0.205 e. The molecule has 0 radical (unpaired) electrons. The first-order valence-corrected chi connectivity index (χ1v) is 6.27. The number of methoxy groups -OCH3 is 1. The number of hydrogen-bond donors (Lipinski definition) is 0. The Balaban J connectivity index is 1.91. The standard InChI is InChI=1S/C10H16FN3OS/c1-15-7-4-9-12-10(16-13-9)14-5-2-8(11)3-6-14/h8H,2-7H2,1H3. The van der Waals surface area contributed by atoms with E-state index in [1.54, 1.807) is 7.11 Å². The number of hydrogen-bond acceptors (Lipinski definition) is 5. The summed E-state index contributed by atoms with van der Waals surface area (Å²) in [6.45, 7) is 2.14. The van der Waals surface area contributed by atoms with Crippen LogP contribution in [0.25, 0.3) is 0 Å². The number of aromatic nitrogens is 2. The molecule has 0 aromatic carbocycles. The molecule has 90 valence electrons. The fraction of sp³-hybridized carbons (Fsp3) is 0.800. The van der Waals surface area contributed by atoms with E-state index in [9.17, 15) is 4.39 Å². The van der Waals surface area contributed by atoms with Crippen LogP contribution in [-0.2, 0) is 11.2 Å². The number of anilines is 1. The van der Waals surface area contributed by atoms with Gasteiger partial charge in [-0.05, 0) is 12.8 Å². The number of piperidine rings is 1. The molecule has 1 aromatic heterocycles. The lowest BCUT2D eigenvalue weighted by Gasteiger charge is -2.27. The lowest BCUT2D eigenvalue weighted by Crippen LogP contribution is -2.34. The molecule has 0 spiro atoms. The molecule has 0 unspecified atom stereocenters. The first-order chi connectivity index (χ1) is 7.79. The van der Waals surface area contributed by atoms with Gasteiger partial charge < -0.3 is 9.64 Å². The fourth-order valence-corrected chi connectivity index (χ4v) is 2.47. The Labute approximate surface area is 98.6 Å². The van der Waals surface area contributed by atoms with Crippen LogP contribution in [-0.4, -0.2) is 42.3 Å². The normalized spacial score (nSPS) is 18.0. The molecule has 1 fully saturated rings. The second-order valence-electron chi connectivity index (χ2n) is 3.90. The number of halogens is 1. The van der Waals surface area contributed by atoms with Crippen LogP contribution in [0, 0.1) is 0 Å². The highest BCUT2D eigenvalue weighted by Gasteiger charge is 2.20. The number of ether oxygens (including phenoxy) is 1. The summed E-state index contributed by atoms with van der Waals surface area (Å²) in [6.07, 6.45) is 1.31. The van der Waals surface area contributed by atoms with E-state index in [0.29, 0.717) is 19.4 Å². The summed E-state index contributed by atoms with van der Waals surface area (Å²) in [5, 5.41) is 0.915. The fourth-order valence-electron chi connectivity index (χ4n) is 1.71. The van der Waals surface area contributed by atoms with Crippen molar-refractivity contribution in [1.29, 1.82) is 0 Å². The molecular formula is C10H16FN3OS. The predicted octanol–water partition coefficient (Wildman–Crippen LogP) is 1.67. The van der Waals surface area contributed by atoms with Gasteiger partial charge in [-0.15, -0.1) is 0 Å². The van der Waals surface area contributed by atoms with Crippen molar-refractivity contribution in [3.63, 3.8) is 0 Å². The summed E-state index contributed by atoms with van der Waals surface area (Å²) in [5.74, 6) is 0.823. The third-order valence-corrected chi connectivity index (χ3v) is 3.50. The van der Waals surface area contributed by atoms with Crippen LogP contribution in [0.3, 0.4) is 0 Å². The minimum Gasteiger partial charge on any atom is -0.384 e. The minimum absolute atomic E-state index is 0.604. The van der Waals surface area contributed by atoms with Gasteiger partial charge >= 0.3 is 0 Å². The van der Waals surface area contributed by atoms with Gasteiger partial charge in [-0.1, -0.05) is 0 Å². The smallest absolute Gasteiger partial charge is 0.205 e. The summed E-state index contributed by atoms with van der Waals surface area (Å²) in [7, 11) is 1.67. The van der Waals surface area contributed by atoms with Crippen LogP contribution in [0.1, 0.15) is 18.7 Å². The molecule has 1 saturated heterocycles. The van der Waals surface area contributed by atoms with E-state index in [1.807, 2.05) is 0 Å². The van der Waals surface area contributed by atoms with E-state index < -0.39 is 6.17 Å². The van der Waals surface area contributed by atoms with Crippen molar-refractivity contribution in [2.24, 2.45) is 0 Å². The highest BCUT2D eigenvalue weighted by Crippen LogP contribution is 2.23. The van der Waals surface area contributed by atoms with Crippen LogP contribution in [0.5, 0.6) is 0 Å². The zero-order valence-electron chi connectivity index (χ0n) is 9.36. The second kappa shape index (κ2) is 5.54. The summed E-state index contributed by atoms with van der Waals surface area (Å²) in [6, 6.07) is 0. The highest BCUT2D eigenvalue weighted by molar-refractivity contribution is 7.09. The minimum atomic E-state index is -0.642. The summed E-state index contributed by atoms with van der Waals surface area (Å²) >= 11 is 1.39. The van der Waals surface area contributed by atoms with Gasteiger partial charge in [0.1, 0.15) is 12.0 Å². The van der Waals surface area contributed by atoms with E-state index >= 15 is 0 Å². The highest BCUT2D eigenvalue weighted by atomic mass is 32.1. The van der Waals surface area contributed by atoms with Crippen molar-refractivity contribution < 1.29 is 9.13 Å². The van der Waals surface area contributed by atoms with Crippen molar-refractivity contribution in [3.05, 3.63) is 5.82 Å². The average Bonchev–Trinajstić information content (AvgIpc) is 2.76. The second-order valence-corrected chi connectivity index (χ2v) is 4.63. The van der Waals surface area contributed by atoms with Gasteiger partial charge in [0, 0.05) is 38.2 Å². The Hall–Kier alpha value is -0.750. The maximum absolute atomic E-state index is 13.0. The molecule has 2 rings (SSSR count). The van der Waals surface area contributed by atoms with Crippen molar-refractivity contribution in [2.45, 2.75) is 25.4 Å². The first-order valence-electron chi connectivity index (χ1n) is 5.50. The lowest BCUT2D eigenvalue weighted by atomic mass is 10.1. The molecule has 4 nitrogen and oxygen atoms in total. The quantitative estimate of drug-likeness (QED) is 0.808. The Morgan fingerprint density at radius 2 is 2.25 bits per heavy atom. The van der Waals surface area contributed by atoms with Crippen LogP contribution in [0.4, 0.5) is 9.52 Å². The molecule has 0 saturated carbocycles. The summed E-state index contributed by atoms with van der Waals surface area (Å²) in [4.78, 5) is 6.54. The number of alkyl halides is 1. The van der Waals surface area contributed by atoms with Crippen molar-refractivity contribution in [3.8, 4) is 0 Å². The molecule has 0 N–H and O–H groups in total. The molecule has 1 aliphatic heterocycles. The Morgan fingerprint density at radius 1 is 1.50 bits per heavy atom. The molecule has 16 heavy (non-hydrogen) atoms. The van der Waals surface area contributed by atoms with Crippen LogP contribution < -0.4 is 4.90 Å². The molecule has 2 heterocycles. The molecule has 1 aliphatic rings. The molecule has 0 bridgehead atoms. The van der Waals surface area contributed by atoms with Crippen LogP contribution in [0.15, 0.2) is 0 Å². The number of rotatable bonds is 4. The maximum atomic E-state index is 13.0. The predicted molar refractivity (Wildman–Crippen MR) is 61.8 cm³/mol. The van der Waals surface area contributed by atoms with E-state index in [1.165, 1.54) is 11.5 Å².